The summed E-state index contributed by atoms with van der Waals surface area (Å²) >= 11 is 6.95. The van der Waals surface area contributed by atoms with Gasteiger partial charge >= 0.3 is 0 Å². The standard InChI is InChI=1S/C11H15ClN4OS/c1-4-16(6-9(17)14-7(2)3)11-8(5-13)10(12)15-18-11/h7H,4,6H2,1-3H3,(H,14,17). The minimum absolute atomic E-state index is 0.0831. The molecule has 0 spiro atoms. The van der Waals surface area contributed by atoms with Gasteiger partial charge in [0.25, 0.3) is 0 Å². The van der Waals surface area contributed by atoms with Crippen molar-refractivity contribution in [3.63, 3.8) is 0 Å². The van der Waals surface area contributed by atoms with Crippen LogP contribution in [0.3, 0.4) is 0 Å². The van der Waals surface area contributed by atoms with Gasteiger partial charge in [0.1, 0.15) is 16.6 Å². The fourth-order valence-corrected chi connectivity index (χ4v) is 2.53. The lowest BCUT2D eigenvalue weighted by Crippen LogP contribution is -2.40. The Morgan fingerprint density at radius 1 is 1.67 bits per heavy atom. The Labute approximate surface area is 116 Å². The van der Waals surface area contributed by atoms with Gasteiger partial charge in [0.05, 0.1) is 6.54 Å². The summed E-state index contributed by atoms with van der Waals surface area (Å²) in [5.74, 6) is -0.0831. The summed E-state index contributed by atoms with van der Waals surface area (Å²) in [5, 5.41) is 12.7. The average molecular weight is 287 g/mol. The summed E-state index contributed by atoms with van der Waals surface area (Å²) in [6.45, 7) is 6.52. The number of nitriles is 1. The van der Waals surface area contributed by atoms with Crippen molar-refractivity contribution in [2.24, 2.45) is 0 Å². The molecule has 0 aromatic carbocycles. The normalized spacial score (nSPS) is 10.2. The quantitative estimate of drug-likeness (QED) is 0.899. The molecule has 1 aromatic heterocycles. The maximum atomic E-state index is 11.7. The first-order chi connectivity index (χ1) is 8.49. The Balaban J connectivity index is 2.84. The number of anilines is 1. The second kappa shape index (κ2) is 6.57. The minimum Gasteiger partial charge on any atom is -0.352 e. The van der Waals surface area contributed by atoms with Gasteiger partial charge in [-0.25, -0.2) is 0 Å². The number of carbonyl (C=O) groups is 1. The summed E-state index contributed by atoms with van der Waals surface area (Å²) in [6, 6.07) is 2.11. The smallest absolute Gasteiger partial charge is 0.239 e. The fourth-order valence-electron chi connectivity index (χ4n) is 1.44. The van der Waals surface area contributed by atoms with Crippen molar-refractivity contribution < 1.29 is 4.79 Å². The third-order valence-electron chi connectivity index (χ3n) is 2.20. The highest BCUT2D eigenvalue weighted by Crippen LogP contribution is 2.30. The summed E-state index contributed by atoms with van der Waals surface area (Å²) < 4.78 is 3.94. The van der Waals surface area contributed by atoms with E-state index >= 15 is 0 Å². The number of nitrogens with zero attached hydrogens (tertiary/aromatic N) is 3. The Bertz CT molecular complexity index is 466. The largest absolute Gasteiger partial charge is 0.352 e. The number of hydrogen-bond acceptors (Lipinski definition) is 5. The van der Waals surface area contributed by atoms with Gasteiger partial charge in [-0.05, 0) is 32.3 Å². The van der Waals surface area contributed by atoms with Crippen LogP contribution in [-0.2, 0) is 4.79 Å². The highest BCUT2D eigenvalue weighted by Gasteiger charge is 2.19. The van der Waals surface area contributed by atoms with Crippen molar-refractivity contribution in [3.8, 4) is 6.07 Å². The molecular weight excluding hydrogens is 272 g/mol. The Hall–Kier alpha value is -1.32. The molecule has 0 saturated carbocycles. The molecule has 0 aliphatic heterocycles. The number of likely N-dealkylation sites (N-methyl/N-ethyl adjacent to an activating group) is 1. The third kappa shape index (κ3) is 3.59. The molecular formula is C11H15ClN4OS. The van der Waals surface area contributed by atoms with Crippen LogP contribution >= 0.6 is 23.1 Å². The first-order valence-electron chi connectivity index (χ1n) is 5.59. The zero-order valence-corrected chi connectivity index (χ0v) is 12.1. The van der Waals surface area contributed by atoms with E-state index in [0.717, 1.165) is 11.5 Å². The van der Waals surface area contributed by atoms with Crippen LogP contribution in [-0.4, -0.2) is 29.4 Å². The molecule has 1 heterocycles. The first kappa shape index (κ1) is 14.7. The van der Waals surface area contributed by atoms with Gasteiger partial charge in [0.2, 0.25) is 5.91 Å². The Morgan fingerprint density at radius 2 is 2.33 bits per heavy atom. The zero-order valence-electron chi connectivity index (χ0n) is 10.5. The minimum atomic E-state index is -0.0831. The van der Waals surface area contributed by atoms with Crippen LogP contribution in [0.4, 0.5) is 5.00 Å². The van der Waals surface area contributed by atoms with E-state index in [-0.39, 0.29) is 23.6 Å². The van der Waals surface area contributed by atoms with E-state index in [9.17, 15) is 4.79 Å². The predicted molar refractivity (Wildman–Crippen MR) is 73.0 cm³/mol. The van der Waals surface area contributed by atoms with Gasteiger partial charge in [-0.3, -0.25) is 4.79 Å². The summed E-state index contributed by atoms with van der Waals surface area (Å²) in [4.78, 5) is 13.5. The van der Waals surface area contributed by atoms with Crippen molar-refractivity contribution in [2.45, 2.75) is 26.8 Å². The molecule has 1 rings (SSSR count). The van der Waals surface area contributed by atoms with E-state index in [1.165, 1.54) is 0 Å². The number of halogens is 1. The number of nitrogens with one attached hydrogen (secondary N) is 1. The molecule has 5 nitrogen and oxygen atoms in total. The molecule has 0 atom stereocenters. The van der Waals surface area contributed by atoms with E-state index in [2.05, 4.69) is 9.69 Å². The zero-order chi connectivity index (χ0) is 13.7. The maximum absolute atomic E-state index is 11.7. The van der Waals surface area contributed by atoms with Gasteiger partial charge in [-0.1, -0.05) is 11.6 Å². The van der Waals surface area contributed by atoms with Crippen molar-refractivity contribution in [3.05, 3.63) is 10.7 Å². The Kier molecular flexibility index (Phi) is 5.38. The van der Waals surface area contributed by atoms with E-state index < -0.39 is 0 Å². The molecule has 1 N–H and O–H groups in total. The van der Waals surface area contributed by atoms with Crippen molar-refractivity contribution in [1.82, 2.24) is 9.69 Å². The second-order valence-electron chi connectivity index (χ2n) is 4.00. The van der Waals surface area contributed by atoms with Crippen LogP contribution in [0.25, 0.3) is 0 Å². The summed E-state index contributed by atoms with van der Waals surface area (Å²) in [6.07, 6.45) is 0. The third-order valence-corrected chi connectivity index (χ3v) is 3.48. The molecule has 7 heteroatoms. The molecule has 18 heavy (non-hydrogen) atoms. The Morgan fingerprint density at radius 3 is 2.83 bits per heavy atom. The van der Waals surface area contributed by atoms with Crippen LogP contribution in [0, 0.1) is 11.3 Å². The van der Waals surface area contributed by atoms with Crippen molar-refractivity contribution in [2.75, 3.05) is 18.0 Å². The second-order valence-corrected chi connectivity index (χ2v) is 5.11. The molecule has 0 fully saturated rings. The first-order valence-corrected chi connectivity index (χ1v) is 6.74. The lowest BCUT2D eigenvalue weighted by Gasteiger charge is -2.21. The van der Waals surface area contributed by atoms with Gasteiger partial charge in [-0.2, -0.15) is 9.64 Å². The molecule has 98 valence electrons. The SMILES string of the molecule is CCN(CC(=O)NC(C)C)c1snc(Cl)c1C#N. The van der Waals surface area contributed by atoms with E-state index in [1.54, 1.807) is 4.90 Å². The maximum Gasteiger partial charge on any atom is 0.239 e. The predicted octanol–water partition coefficient (Wildman–Crippen LogP) is 2.02. The van der Waals surface area contributed by atoms with Crippen LogP contribution < -0.4 is 10.2 Å². The molecule has 0 radical (unpaired) electrons. The van der Waals surface area contributed by atoms with E-state index in [1.807, 2.05) is 26.8 Å². The number of rotatable bonds is 5. The number of carbonyl (C=O) groups excluding carboxylic acids is 1. The fraction of sp³-hybridized carbons (Fsp3) is 0.545. The van der Waals surface area contributed by atoms with E-state index in [4.69, 9.17) is 16.9 Å². The molecule has 1 amide bonds. The molecule has 0 aliphatic carbocycles. The van der Waals surface area contributed by atoms with Gasteiger partial charge in [-0.15, -0.1) is 0 Å². The lowest BCUT2D eigenvalue weighted by atomic mass is 10.3. The van der Waals surface area contributed by atoms with Crippen molar-refractivity contribution in [1.29, 1.82) is 5.26 Å². The monoisotopic (exact) mass is 286 g/mol. The number of hydrogen-bond donors (Lipinski definition) is 1. The molecule has 1 aromatic rings. The lowest BCUT2D eigenvalue weighted by molar-refractivity contribution is -0.120. The van der Waals surface area contributed by atoms with Gasteiger partial charge in [0, 0.05) is 12.6 Å². The molecule has 0 unspecified atom stereocenters. The van der Waals surface area contributed by atoms with Crippen LogP contribution in [0.2, 0.25) is 5.15 Å². The van der Waals surface area contributed by atoms with Crippen molar-refractivity contribution >= 4 is 34.0 Å². The highest BCUT2D eigenvalue weighted by atomic mass is 35.5. The molecule has 0 aliphatic rings. The molecule has 0 bridgehead atoms. The molecule has 0 saturated heterocycles. The number of amides is 1. The summed E-state index contributed by atoms with van der Waals surface area (Å²) in [7, 11) is 0. The number of aromatic nitrogens is 1. The summed E-state index contributed by atoms with van der Waals surface area (Å²) in [5.41, 5.74) is 0.334. The topological polar surface area (TPSA) is 69.0 Å². The van der Waals surface area contributed by atoms with Crippen LogP contribution in [0.1, 0.15) is 26.3 Å². The van der Waals surface area contributed by atoms with E-state index in [0.29, 0.717) is 17.1 Å². The average Bonchev–Trinajstić information content (AvgIpc) is 2.66. The van der Waals surface area contributed by atoms with Crippen LogP contribution in [0.15, 0.2) is 0 Å². The van der Waals surface area contributed by atoms with Gasteiger partial charge < -0.3 is 10.2 Å². The highest BCUT2D eigenvalue weighted by molar-refractivity contribution is 7.10. The van der Waals surface area contributed by atoms with Gasteiger partial charge in [0.15, 0.2) is 5.15 Å². The van der Waals surface area contributed by atoms with Crippen LogP contribution in [0.5, 0.6) is 0 Å².